The summed E-state index contributed by atoms with van der Waals surface area (Å²) >= 11 is 0. The van der Waals surface area contributed by atoms with E-state index < -0.39 is 11.8 Å². The normalized spacial score (nSPS) is 22.7. The Morgan fingerprint density at radius 1 is 1.04 bits per heavy atom. The van der Waals surface area contributed by atoms with Crippen LogP contribution in [0.15, 0.2) is 0 Å². The molecule has 0 radical (unpaired) electrons. The van der Waals surface area contributed by atoms with Gasteiger partial charge >= 0.3 is 11.8 Å². The third kappa shape index (κ3) is 7.23. The van der Waals surface area contributed by atoms with E-state index in [1.54, 1.807) is 0 Å². The molecule has 1 fully saturated rings. The van der Waals surface area contributed by atoms with E-state index in [2.05, 4.69) is 45.3 Å². The fraction of sp³-hybridized carbons (Fsp3) is 0.900. The Morgan fingerprint density at radius 3 is 2.17 bits per heavy atom. The van der Waals surface area contributed by atoms with E-state index in [-0.39, 0.29) is 6.04 Å². The molecule has 0 spiro atoms. The summed E-state index contributed by atoms with van der Waals surface area (Å²) in [5.41, 5.74) is 0.333. The summed E-state index contributed by atoms with van der Waals surface area (Å²) in [5.74, 6) is 0.259. The molecule has 4 heteroatoms. The molecular formula is C20H38N2O2. The molecule has 1 aliphatic rings. The van der Waals surface area contributed by atoms with E-state index >= 15 is 0 Å². The SMILES string of the molecule is CCCC[C@@H](CC)CNC(=O)C(=O)NC1CCC(C(C)(C)C)CC1. The first-order valence-corrected chi connectivity index (χ1v) is 9.86. The highest BCUT2D eigenvalue weighted by Crippen LogP contribution is 2.37. The van der Waals surface area contributed by atoms with Gasteiger partial charge in [-0.2, -0.15) is 0 Å². The summed E-state index contributed by atoms with van der Waals surface area (Å²) < 4.78 is 0. The molecule has 0 aliphatic heterocycles. The molecule has 0 unspecified atom stereocenters. The summed E-state index contributed by atoms with van der Waals surface area (Å²) in [6.45, 7) is 11.8. The Labute approximate surface area is 148 Å². The highest BCUT2D eigenvalue weighted by molar-refractivity contribution is 6.35. The quantitative estimate of drug-likeness (QED) is 0.688. The zero-order chi connectivity index (χ0) is 18.2. The largest absolute Gasteiger partial charge is 0.348 e. The molecule has 4 nitrogen and oxygen atoms in total. The maximum Gasteiger partial charge on any atom is 0.309 e. The molecule has 0 aromatic rings. The van der Waals surface area contributed by atoms with Crippen LogP contribution in [0.1, 0.15) is 86.0 Å². The number of hydrogen-bond acceptors (Lipinski definition) is 2. The molecule has 0 heterocycles. The number of amides is 2. The second-order valence-corrected chi connectivity index (χ2v) is 8.51. The zero-order valence-electron chi connectivity index (χ0n) is 16.4. The molecule has 140 valence electrons. The van der Waals surface area contributed by atoms with Crippen molar-refractivity contribution >= 4 is 11.8 Å². The number of carbonyl (C=O) groups excluding carboxylic acids is 2. The van der Waals surface area contributed by atoms with Gasteiger partial charge in [-0.3, -0.25) is 9.59 Å². The van der Waals surface area contributed by atoms with Crippen molar-refractivity contribution in [2.75, 3.05) is 6.54 Å². The van der Waals surface area contributed by atoms with Crippen LogP contribution in [0.5, 0.6) is 0 Å². The summed E-state index contributed by atoms with van der Waals surface area (Å²) in [4.78, 5) is 24.1. The molecule has 0 saturated heterocycles. The van der Waals surface area contributed by atoms with Gasteiger partial charge in [0.25, 0.3) is 0 Å². The van der Waals surface area contributed by atoms with Gasteiger partial charge in [0.15, 0.2) is 0 Å². The highest BCUT2D eigenvalue weighted by atomic mass is 16.2. The van der Waals surface area contributed by atoms with Crippen LogP contribution in [0.2, 0.25) is 0 Å². The average Bonchev–Trinajstić information content (AvgIpc) is 2.54. The van der Waals surface area contributed by atoms with E-state index in [9.17, 15) is 9.59 Å². The first-order valence-electron chi connectivity index (χ1n) is 9.86. The van der Waals surface area contributed by atoms with Crippen molar-refractivity contribution in [1.82, 2.24) is 10.6 Å². The standard InChI is InChI=1S/C20H38N2O2/c1-6-8-9-15(7-2)14-21-18(23)19(24)22-17-12-10-16(11-13-17)20(3,4)5/h15-17H,6-14H2,1-5H3,(H,21,23)(H,22,24)/t15-,16?,17?/m1/s1. The topological polar surface area (TPSA) is 58.2 Å². The minimum absolute atomic E-state index is 0.156. The Kier molecular flexibility index (Phi) is 8.79. The maximum atomic E-state index is 12.1. The number of nitrogens with one attached hydrogen (secondary N) is 2. The molecule has 0 bridgehead atoms. The lowest BCUT2D eigenvalue weighted by atomic mass is 9.71. The summed E-state index contributed by atoms with van der Waals surface area (Å²) in [7, 11) is 0. The van der Waals surface area contributed by atoms with Crippen molar-refractivity contribution in [3.63, 3.8) is 0 Å². The minimum Gasteiger partial charge on any atom is -0.348 e. The monoisotopic (exact) mass is 338 g/mol. The highest BCUT2D eigenvalue weighted by Gasteiger charge is 2.30. The van der Waals surface area contributed by atoms with Gasteiger partial charge < -0.3 is 10.6 Å². The number of hydrogen-bond donors (Lipinski definition) is 2. The van der Waals surface area contributed by atoms with Crippen LogP contribution in [0.4, 0.5) is 0 Å². The molecule has 1 saturated carbocycles. The van der Waals surface area contributed by atoms with Gasteiger partial charge in [-0.1, -0.05) is 53.9 Å². The van der Waals surface area contributed by atoms with Gasteiger partial charge in [-0.25, -0.2) is 0 Å². The lowest BCUT2D eigenvalue weighted by Gasteiger charge is -2.37. The van der Waals surface area contributed by atoms with Crippen molar-refractivity contribution in [1.29, 1.82) is 0 Å². The van der Waals surface area contributed by atoms with E-state index in [4.69, 9.17) is 0 Å². The van der Waals surface area contributed by atoms with Crippen LogP contribution in [-0.2, 0) is 9.59 Å². The van der Waals surface area contributed by atoms with Gasteiger partial charge in [0.1, 0.15) is 0 Å². The van der Waals surface area contributed by atoms with Crippen LogP contribution in [0, 0.1) is 17.3 Å². The first-order chi connectivity index (χ1) is 11.3. The average molecular weight is 339 g/mol. The second kappa shape index (κ2) is 10.0. The van der Waals surface area contributed by atoms with Gasteiger partial charge in [-0.05, 0) is 49.4 Å². The van der Waals surface area contributed by atoms with Crippen molar-refractivity contribution in [2.45, 2.75) is 92.0 Å². The van der Waals surface area contributed by atoms with Gasteiger partial charge in [0, 0.05) is 12.6 Å². The fourth-order valence-electron chi connectivity index (χ4n) is 3.62. The molecule has 0 aromatic carbocycles. The Balaban J connectivity index is 2.31. The fourth-order valence-corrected chi connectivity index (χ4v) is 3.62. The van der Waals surface area contributed by atoms with Crippen LogP contribution in [0.3, 0.4) is 0 Å². The zero-order valence-corrected chi connectivity index (χ0v) is 16.4. The molecule has 1 aliphatic carbocycles. The summed E-state index contributed by atoms with van der Waals surface area (Å²) in [6, 6.07) is 0.156. The van der Waals surface area contributed by atoms with Crippen molar-refractivity contribution < 1.29 is 9.59 Å². The number of unbranched alkanes of at least 4 members (excludes halogenated alkanes) is 1. The second-order valence-electron chi connectivity index (χ2n) is 8.51. The predicted octanol–water partition coefficient (Wildman–Crippen LogP) is 4.04. The molecular weight excluding hydrogens is 300 g/mol. The van der Waals surface area contributed by atoms with Gasteiger partial charge in [0.05, 0.1) is 0 Å². The molecule has 2 N–H and O–H groups in total. The van der Waals surface area contributed by atoms with Crippen LogP contribution in [0.25, 0.3) is 0 Å². The molecule has 1 rings (SSSR count). The first kappa shape index (κ1) is 21.0. The summed E-state index contributed by atoms with van der Waals surface area (Å²) in [5, 5.41) is 5.74. The Hall–Kier alpha value is -1.06. The molecule has 2 amide bonds. The van der Waals surface area contributed by atoms with Crippen LogP contribution >= 0.6 is 0 Å². The predicted molar refractivity (Wildman–Crippen MR) is 99.7 cm³/mol. The Bertz CT molecular complexity index is 393. The van der Waals surface area contributed by atoms with Crippen molar-refractivity contribution in [3.8, 4) is 0 Å². The minimum atomic E-state index is -0.470. The van der Waals surface area contributed by atoms with Crippen LogP contribution < -0.4 is 10.6 Å². The van der Waals surface area contributed by atoms with E-state index in [0.717, 1.165) is 38.5 Å². The van der Waals surface area contributed by atoms with E-state index in [1.165, 1.54) is 12.8 Å². The lowest BCUT2D eigenvalue weighted by Crippen LogP contribution is -2.47. The smallest absolute Gasteiger partial charge is 0.309 e. The summed E-state index contributed by atoms with van der Waals surface area (Å²) in [6.07, 6.45) is 8.73. The Morgan fingerprint density at radius 2 is 1.67 bits per heavy atom. The third-order valence-electron chi connectivity index (χ3n) is 5.59. The van der Waals surface area contributed by atoms with Crippen LogP contribution in [-0.4, -0.2) is 24.4 Å². The number of rotatable bonds is 7. The van der Waals surface area contributed by atoms with Crippen molar-refractivity contribution in [2.24, 2.45) is 17.3 Å². The van der Waals surface area contributed by atoms with Gasteiger partial charge in [0.2, 0.25) is 0 Å². The lowest BCUT2D eigenvalue weighted by molar-refractivity contribution is -0.139. The third-order valence-corrected chi connectivity index (χ3v) is 5.59. The molecule has 0 aromatic heterocycles. The molecule has 1 atom stereocenters. The van der Waals surface area contributed by atoms with E-state index in [1.807, 2.05) is 0 Å². The molecule has 24 heavy (non-hydrogen) atoms. The van der Waals surface area contributed by atoms with E-state index in [0.29, 0.717) is 23.8 Å². The van der Waals surface area contributed by atoms with Crippen molar-refractivity contribution in [3.05, 3.63) is 0 Å². The maximum absolute atomic E-state index is 12.1. The number of carbonyl (C=O) groups is 2. The van der Waals surface area contributed by atoms with Gasteiger partial charge in [-0.15, -0.1) is 0 Å².